The van der Waals surface area contributed by atoms with Crippen LogP contribution in [-0.2, 0) is 4.79 Å². The van der Waals surface area contributed by atoms with Crippen LogP contribution in [0.25, 0.3) is 0 Å². The summed E-state index contributed by atoms with van der Waals surface area (Å²) in [6.45, 7) is 5.39. The highest BCUT2D eigenvalue weighted by molar-refractivity contribution is 5.87. The van der Waals surface area contributed by atoms with E-state index in [1.807, 2.05) is 6.92 Å². The van der Waals surface area contributed by atoms with Gasteiger partial charge in [-0.25, -0.2) is 0 Å². The topological polar surface area (TPSA) is 37.3 Å². The van der Waals surface area contributed by atoms with Crippen molar-refractivity contribution < 1.29 is 9.90 Å². The predicted octanol–water partition coefficient (Wildman–Crippen LogP) is 1.29. The third kappa shape index (κ3) is 1.23. The molecule has 1 rings (SSSR count). The number of hydrogen-bond acceptors (Lipinski definition) is 2. The fourth-order valence-electron chi connectivity index (χ4n) is 1.61. The standard InChI is InChI=1S/C9H14O2/c1-3-6-9(2)7(10)4-5-8(9)11/h3,7,10H,1,4-6H2,2H3. The molecule has 1 aliphatic rings. The second-order valence-corrected chi connectivity index (χ2v) is 3.39. The van der Waals surface area contributed by atoms with Crippen molar-refractivity contribution in [2.24, 2.45) is 5.41 Å². The van der Waals surface area contributed by atoms with E-state index in [1.165, 1.54) is 0 Å². The second kappa shape index (κ2) is 2.78. The highest BCUT2D eigenvalue weighted by atomic mass is 16.3. The Kier molecular flexibility index (Phi) is 2.14. The van der Waals surface area contributed by atoms with Crippen molar-refractivity contribution in [1.29, 1.82) is 0 Å². The maximum absolute atomic E-state index is 11.3. The van der Waals surface area contributed by atoms with Gasteiger partial charge in [-0.1, -0.05) is 6.08 Å². The van der Waals surface area contributed by atoms with Gasteiger partial charge in [0.15, 0.2) is 0 Å². The van der Waals surface area contributed by atoms with Gasteiger partial charge in [-0.2, -0.15) is 0 Å². The lowest BCUT2D eigenvalue weighted by Gasteiger charge is -2.24. The van der Waals surface area contributed by atoms with Crippen molar-refractivity contribution in [3.63, 3.8) is 0 Å². The number of carbonyl (C=O) groups is 1. The summed E-state index contributed by atoms with van der Waals surface area (Å²) in [7, 11) is 0. The lowest BCUT2D eigenvalue weighted by Crippen LogP contribution is -2.31. The van der Waals surface area contributed by atoms with Crippen LogP contribution < -0.4 is 0 Å². The lowest BCUT2D eigenvalue weighted by atomic mass is 9.82. The van der Waals surface area contributed by atoms with Gasteiger partial charge >= 0.3 is 0 Å². The van der Waals surface area contributed by atoms with Crippen LogP contribution in [0.3, 0.4) is 0 Å². The summed E-state index contributed by atoms with van der Waals surface area (Å²) < 4.78 is 0. The molecule has 1 fully saturated rings. The summed E-state index contributed by atoms with van der Waals surface area (Å²) in [5.41, 5.74) is -0.540. The van der Waals surface area contributed by atoms with Crippen molar-refractivity contribution in [2.45, 2.75) is 32.3 Å². The molecule has 0 aliphatic heterocycles. The first-order valence-corrected chi connectivity index (χ1v) is 3.93. The monoisotopic (exact) mass is 154 g/mol. The Morgan fingerprint density at radius 1 is 1.91 bits per heavy atom. The van der Waals surface area contributed by atoms with Crippen LogP contribution in [-0.4, -0.2) is 17.0 Å². The van der Waals surface area contributed by atoms with E-state index in [2.05, 4.69) is 6.58 Å². The zero-order valence-corrected chi connectivity index (χ0v) is 6.84. The van der Waals surface area contributed by atoms with Gasteiger partial charge in [0.2, 0.25) is 0 Å². The molecule has 0 saturated heterocycles. The van der Waals surface area contributed by atoms with E-state index >= 15 is 0 Å². The fourth-order valence-corrected chi connectivity index (χ4v) is 1.61. The van der Waals surface area contributed by atoms with E-state index in [4.69, 9.17) is 0 Å². The van der Waals surface area contributed by atoms with Crippen molar-refractivity contribution in [2.75, 3.05) is 0 Å². The van der Waals surface area contributed by atoms with Gasteiger partial charge in [0, 0.05) is 6.42 Å². The molecule has 11 heavy (non-hydrogen) atoms. The number of aliphatic hydroxyl groups excluding tert-OH is 1. The third-order valence-corrected chi connectivity index (χ3v) is 2.59. The van der Waals surface area contributed by atoms with E-state index in [1.54, 1.807) is 6.08 Å². The van der Waals surface area contributed by atoms with E-state index < -0.39 is 11.5 Å². The normalized spacial score (nSPS) is 37.6. The highest BCUT2D eigenvalue weighted by Crippen LogP contribution is 2.37. The smallest absolute Gasteiger partial charge is 0.141 e. The van der Waals surface area contributed by atoms with Crippen LogP contribution in [0.4, 0.5) is 0 Å². The minimum Gasteiger partial charge on any atom is -0.392 e. The molecule has 1 aliphatic carbocycles. The lowest BCUT2D eigenvalue weighted by molar-refractivity contribution is -0.127. The number of allylic oxidation sites excluding steroid dienone is 1. The quantitative estimate of drug-likeness (QED) is 0.608. The van der Waals surface area contributed by atoms with Crippen LogP contribution in [0.5, 0.6) is 0 Å². The minimum atomic E-state index is -0.540. The molecule has 2 heteroatoms. The molecule has 62 valence electrons. The van der Waals surface area contributed by atoms with Crippen molar-refractivity contribution in [3.8, 4) is 0 Å². The fraction of sp³-hybridized carbons (Fsp3) is 0.667. The first-order chi connectivity index (χ1) is 5.11. The van der Waals surface area contributed by atoms with Crippen LogP contribution in [0.2, 0.25) is 0 Å². The van der Waals surface area contributed by atoms with Gasteiger partial charge in [-0.3, -0.25) is 4.79 Å². The Morgan fingerprint density at radius 2 is 2.55 bits per heavy atom. The number of hydrogen-bond donors (Lipinski definition) is 1. The van der Waals surface area contributed by atoms with Crippen LogP contribution in [0.1, 0.15) is 26.2 Å². The first kappa shape index (κ1) is 8.47. The third-order valence-electron chi connectivity index (χ3n) is 2.59. The number of rotatable bonds is 2. The molecule has 0 aromatic heterocycles. The predicted molar refractivity (Wildman–Crippen MR) is 43.2 cm³/mol. The molecule has 1 saturated carbocycles. The van der Waals surface area contributed by atoms with Gasteiger partial charge < -0.3 is 5.11 Å². The van der Waals surface area contributed by atoms with Crippen LogP contribution in [0, 0.1) is 5.41 Å². The van der Waals surface area contributed by atoms with Crippen molar-refractivity contribution in [1.82, 2.24) is 0 Å². The molecule has 2 atom stereocenters. The van der Waals surface area contributed by atoms with E-state index in [0.717, 1.165) is 0 Å². The molecular formula is C9H14O2. The molecule has 0 aromatic rings. The maximum atomic E-state index is 11.3. The minimum absolute atomic E-state index is 0.171. The second-order valence-electron chi connectivity index (χ2n) is 3.39. The maximum Gasteiger partial charge on any atom is 0.141 e. The molecule has 1 N–H and O–H groups in total. The zero-order valence-electron chi connectivity index (χ0n) is 6.84. The first-order valence-electron chi connectivity index (χ1n) is 3.93. The van der Waals surface area contributed by atoms with Crippen molar-refractivity contribution >= 4 is 5.78 Å². The SMILES string of the molecule is C=CCC1(C)C(=O)CCC1O. The molecule has 0 bridgehead atoms. The molecular weight excluding hydrogens is 140 g/mol. The summed E-state index contributed by atoms with van der Waals surface area (Å²) in [6.07, 6.45) is 2.96. The molecule has 2 nitrogen and oxygen atoms in total. The summed E-state index contributed by atoms with van der Waals surface area (Å²) in [6, 6.07) is 0. The largest absolute Gasteiger partial charge is 0.392 e. The molecule has 0 radical (unpaired) electrons. The van der Waals surface area contributed by atoms with Crippen molar-refractivity contribution in [3.05, 3.63) is 12.7 Å². The summed E-state index contributed by atoms with van der Waals surface area (Å²) >= 11 is 0. The molecule has 0 aromatic carbocycles. The Balaban J connectivity index is 2.79. The number of ketones is 1. The number of Topliss-reactive ketones (excluding diaryl/α,β-unsaturated/α-hetero) is 1. The molecule has 0 spiro atoms. The highest BCUT2D eigenvalue weighted by Gasteiger charge is 2.43. The summed E-state index contributed by atoms with van der Waals surface area (Å²) in [5.74, 6) is 0.171. The number of carbonyl (C=O) groups excluding carboxylic acids is 1. The van der Waals surface area contributed by atoms with E-state index in [0.29, 0.717) is 19.3 Å². The van der Waals surface area contributed by atoms with E-state index in [-0.39, 0.29) is 5.78 Å². The van der Waals surface area contributed by atoms with Gasteiger partial charge in [0.1, 0.15) is 5.78 Å². The average Bonchev–Trinajstić information content (AvgIpc) is 2.19. The van der Waals surface area contributed by atoms with Gasteiger partial charge in [-0.05, 0) is 19.8 Å². The Bertz CT molecular complexity index is 186. The van der Waals surface area contributed by atoms with Gasteiger partial charge in [-0.15, -0.1) is 6.58 Å². The van der Waals surface area contributed by atoms with Gasteiger partial charge in [0.05, 0.1) is 11.5 Å². The average molecular weight is 154 g/mol. The Hall–Kier alpha value is -0.630. The Labute approximate surface area is 66.9 Å². The Morgan fingerprint density at radius 3 is 2.91 bits per heavy atom. The summed E-state index contributed by atoms with van der Waals surface area (Å²) in [5, 5.41) is 9.48. The molecule has 0 heterocycles. The van der Waals surface area contributed by atoms with Gasteiger partial charge in [0.25, 0.3) is 0 Å². The van der Waals surface area contributed by atoms with Crippen LogP contribution in [0.15, 0.2) is 12.7 Å². The molecule has 0 amide bonds. The summed E-state index contributed by atoms with van der Waals surface area (Å²) in [4.78, 5) is 11.3. The van der Waals surface area contributed by atoms with Crippen LogP contribution >= 0.6 is 0 Å². The molecule has 2 unspecified atom stereocenters. The number of aliphatic hydroxyl groups is 1. The van der Waals surface area contributed by atoms with E-state index in [9.17, 15) is 9.90 Å². The zero-order chi connectivity index (χ0) is 8.48.